The molecule has 0 atom stereocenters. The molecule has 0 saturated carbocycles. The Morgan fingerprint density at radius 2 is 2.18 bits per heavy atom. The first-order chi connectivity index (χ1) is 10.3. The molecule has 0 aromatic heterocycles. The molecule has 0 N–H and O–H groups in total. The fourth-order valence-electron chi connectivity index (χ4n) is 2.01. The topological polar surface area (TPSA) is 84.2 Å². The monoisotopic (exact) mass is 423 g/mol. The van der Waals surface area contributed by atoms with Crippen LogP contribution in [0.25, 0.3) is 0 Å². The van der Waals surface area contributed by atoms with Gasteiger partial charge in [-0.1, -0.05) is 0 Å². The average Bonchev–Trinajstić information content (AvgIpc) is 2.85. The number of hydrogen-bond donors (Lipinski definition) is 0. The second-order valence-electron chi connectivity index (χ2n) is 4.73. The van der Waals surface area contributed by atoms with Crippen LogP contribution in [0.15, 0.2) is 42.7 Å². The third-order valence-corrected chi connectivity index (χ3v) is 9.75. The van der Waals surface area contributed by atoms with E-state index in [1.54, 1.807) is 3.83 Å². The van der Waals surface area contributed by atoms with E-state index in [2.05, 4.69) is 0 Å². The molecule has 0 unspecified atom stereocenters. The summed E-state index contributed by atoms with van der Waals surface area (Å²) in [5.74, 6) is -0.260. The Labute approximate surface area is 135 Å². The predicted molar refractivity (Wildman–Crippen MR) is 79.0 cm³/mol. The van der Waals surface area contributed by atoms with Crippen molar-refractivity contribution < 1.29 is 22.3 Å². The van der Waals surface area contributed by atoms with Crippen LogP contribution in [-0.4, -0.2) is 39.8 Å². The maximum absolute atomic E-state index is 12.9. The van der Waals surface area contributed by atoms with Crippen LogP contribution >= 0.6 is 0 Å². The van der Waals surface area contributed by atoms with Gasteiger partial charge in [0, 0.05) is 0 Å². The molecule has 0 aliphatic carbocycles. The fraction of sp³-hybridized carbons (Fsp3) is 0.143. The quantitative estimate of drug-likeness (QED) is 0.742. The maximum atomic E-state index is 12.9. The van der Waals surface area contributed by atoms with Crippen LogP contribution in [0.4, 0.5) is 9.18 Å². The Morgan fingerprint density at radius 1 is 1.45 bits per heavy atom. The zero-order valence-electron chi connectivity index (χ0n) is 11.6. The molecular weight excluding hydrogens is 412 g/mol. The van der Waals surface area contributed by atoms with Crippen molar-refractivity contribution in [2.24, 2.45) is 0 Å². The van der Waals surface area contributed by atoms with Gasteiger partial charge in [-0.25, -0.2) is 0 Å². The van der Waals surface area contributed by atoms with Crippen molar-refractivity contribution in [3.63, 3.8) is 0 Å². The molecule has 0 amide bonds. The van der Waals surface area contributed by atoms with Gasteiger partial charge >= 0.3 is 135 Å². The number of allylic oxidation sites excluding steroid dienone is 2. The van der Waals surface area contributed by atoms with E-state index in [0.29, 0.717) is 0 Å². The summed E-state index contributed by atoms with van der Waals surface area (Å²) >= 11 is -2.98. The SMILES string of the molecule is CS(=O)(=O)c1ccc(O[C](=O)[In]2[CH]=CC(F)=[CH]2)cc1CC#N. The summed E-state index contributed by atoms with van der Waals surface area (Å²) in [5.41, 5.74) is 0.272. The first-order valence-electron chi connectivity index (χ1n) is 6.28. The zero-order chi connectivity index (χ0) is 16.3. The Hall–Kier alpha value is -1.59. The number of hydrogen-bond acceptors (Lipinski definition) is 5. The molecule has 5 nitrogen and oxygen atoms in total. The number of benzene rings is 1. The Balaban J connectivity index is 2.26. The number of sulfone groups is 1. The molecule has 22 heavy (non-hydrogen) atoms. The van der Waals surface area contributed by atoms with Crippen molar-refractivity contribution >= 4 is 35.0 Å². The van der Waals surface area contributed by atoms with E-state index in [1.807, 2.05) is 6.07 Å². The van der Waals surface area contributed by atoms with Crippen molar-refractivity contribution in [1.29, 1.82) is 5.26 Å². The molecule has 1 aliphatic heterocycles. The van der Waals surface area contributed by atoms with E-state index in [1.165, 1.54) is 28.1 Å². The first-order valence-corrected chi connectivity index (χ1v) is 13.6. The summed E-state index contributed by atoms with van der Waals surface area (Å²) in [4.78, 5) is 12.0. The Bertz CT molecular complexity index is 824. The van der Waals surface area contributed by atoms with Gasteiger partial charge < -0.3 is 0 Å². The van der Waals surface area contributed by atoms with Gasteiger partial charge in [-0.05, 0) is 0 Å². The molecule has 112 valence electrons. The summed E-state index contributed by atoms with van der Waals surface area (Å²) < 4.78 is 43.8. The summed E-state index contributed by atoms with van der Waals surface area (Å²) in [6, 6.07) is 5.91. The Morgan fingerprint density at radius 3 is 2.73 bits per heavy atom. The molecule has 0 bridgehead atoms. The summed E-state index contributed by atoms with van der Waals surface area (Å²) in [5, 5.41) is 8.78. The second kappa shape index (κ2) is 6.67. The molecule has 1 heterocycles. The normalized spacial score (nSPS) is 13.7. The van der Waals surface area contributed by atoms with E-state index in [9.17, 15) is 17.6 Å². The second-order valence-corrected chi connectivity index (χ2v) is 13.1. The fourth-order valence-corrected chi connectivity index (χ4v) is 7.28. The number of halogens is 1. The number of carbonyl (C=O) groups is 1. The molecule has 1 aromatic rings. The molecule has 0 radical (unpaired) electrons. The van der Waals surface area contributed by atoms with Gasteiger partial charge in [0.1, 0.15) is 0 Å². The molecule has 0 fully saturated rings. The summed E-state index contributed by atoms with van der Waals surface area (Å²) in [6.45, 7) is 0. The van der Waals surface area contributed by atoms with Crippen LogP contribution in [0.2, 0.25) is 0 Å². The van der Waals surface area contributed by atoms with Crippen LogP contribution < -0.4 is 4.74 Å². The molecule has 0 spiro atoms. The molecule has 8 heteroatoms. The van der Waals surface area contributed by atoms with E-state index in [0.717, 1.165) is 6.26 Å². The van der Waals surface area contributed by atoms with Crippen LogP contribution in [0.5, 0.6) is 5.75 Å². The van der Waals surface area contributed by atoms with E-state index in [-0.39, 0.29) is 22.6 Å². The average molecular weight is 423 g/mol. The summed E-state index contributed by atoms with van der Waals surface area (Å²) in [7, 11) is -3.47. The van der Waals surface area contributed by atoms with E-state index >= 15 is 0 Å². The zero-order valence-corrected chi connectivity index (χ0v) is 15.7. The third-order valence-electron chi connectivity index (χ3n) is 2.99. The van der Waals surface area contributed by atoms with E-state index in [4.69, 9.17) is 10.00 Å². The molecule has 0 saturated heterocycles. The number of rotatable bonds is 4. The first kappa shape index (κ1) is 16.8. The molecule has 2 rings (SSSR count). The number of carbonyl (C=O) groups excluding carboxylic acids is 1. The summed E-state index contributed by atoms with van der Waals surface area (Å²) in [6.07, 6.45) is 2.19. The molecular formula is C14H11FInNO4S. The Kier molecular flexibility index (Phi) is 5.08. The van der Waals surface area contributed by atoms with Gasteiger partial charge in [0.2, 0.25) is 0 Å². The van der Waals surface area contributed by atoms with Crippen molar-refractivity contribution in [3.05, 3.63) is 43.3 Å². The predicted octanol–water partition coefficient (Wildman–Crippen LogP) is 2.23. The van der Waals surface area contributed by atoms with Gasteiger partial charge in [-0.3, -0.25) is 0 Å². The van der Waals surface area contributed by atoms with Gasteiger partial charge in [-0.15, -0.1) is 0 Å². The van der Waals surface area contributed by atoms with Crippen molar-refractivity contribution in [2.45, 2.75) is 11.3 Å². The molecule has 1 aliphatic rings. The number of nitrogens with zero attached hydrogens (tertiary/aromatic N) is 1. The standard InChI is InChI=1S/C10H8NO4S.C4H3F.In/c1-16(13,14)10-3-2-9(15-7-12)6-8(10)4-5-11;1-3-4(2)5;/h2-3,6H,4H2,1H3;1-3H;. The van der Waals surface area contributed by atoms with Crippen molar-refractivity contribution in [1.82, 2.24) is 0 Å². The molecule has 1 aromatic carbocycles. The van der Waals surface area contributed by atoms with Crippen LogP contribution in [0, 0.1) is 11.3 Å². The van der Waals surface area contributed by atoms with Crippen molar-refractivity contribution in [2.75, 3.05) is 6.26 Å². The minimum atomic E-state index is -3.47. The van der Waals surface area contributed by atoms with Crippen LogP contribution in [0.3, 0.4) is 0 Å². The van der Waals surface area contributed by atoms with Gasteiger partial charge in [0.05, 0.1) is 0 Å². The van der Waals surface area contributed by atoms with Crippen LogP contribution in [-0.2, 0) is 16.3 Å². The minimum absolute atomic E-state index is 0.0315. The third kappa shape index (κ3) is 3.99. The van der Waals surface area contributed by atoms with Gasteiger partial charge in [-0.2, -0.15) is 0 Å². The van der Waals surface area contributed by atoms with Crippen LogP contribution in [0.1, 0.15) is 5.56 Å². The van der Waals surface area contributed by atoms with E-state index < -0.39 is 40.8 Å². The number of nitriles is 1. The number of ether oxygens (including phenoxy) is 1. The van der Waals surface area contributed by atoms with Gasteiger partial charge in [0.15, 0.2) is 0 Å². The van der Waals surface area contributed by atoms with Crippen molar-refractivity contribution in [3.8, 4) is 11.8 Å². The van der Waals surface area contributed by atoms with Gasteiger partial charge in [0.25, 0.3) is 0 Å².